The van der Waals surface area contributed by atoms with Crippen LogP contribution in [0.2, 0.25) is 0 Å². The van der Waals surface area contributed by atoms with Gasteiger partial charge in [-0.05, 0) is 29.8 Å². The van der Waals surface area contributed by atoms with Crippen LogP contribution in [0.3, 0.4) is 0 Å². The molecule has 2 aliphatic rings. The van der Waals surface area contributed by atoms with Gasteiger partial charge in [0.2, 0.25) is 0 Å². The number of imidazole rings is 1. The Bertz CT molecular complexity index is 1870. The number of nitrogens with one attached hydrogen (secondary N) is 1. The number of nitrogens with zero attached hydrogens (tertiary/aromatic N) is 5. The van der Waals surface area contributed by atoms with Crippen LogP contribution < -0.4 is 15.5 Å². The minimum Gasteiger partial charge on any atom is -0.361 e. The third-order valence-electron chi connectivity index (χ3n) is 7.29. The van der Waals surface area contributed by atoms with Crippen molar-refractivity contribution in [2.24, 2.45) is 11.0 Å². The third kappa shape index (κ3) is 3.02. The Balaban J connectivity index is 1.39. The van der Waals surface area contributed by atoms with Crippen molar-refractivity contribution in [2.75, 3.05) is 10.3 Å². The Kier molecular flexibility index (Phi) is 4.25. The number of para-hydroxylation sites is 4. The van der Waals surface area contributed by atoms with Crippen molar-refractivity contribution in [1.29, 1.82) is 0 Å². The maximum atomic E-state index is 5.16. The molecule has 2 unspecified atom stereocenters. The molecule has 0 saturated heterocycles. The normalized spacial score (nSPS) is 18.8. The fourth-order valence-electron chi connectivity index (χ4n) is 5.58. The molecule has 6 aromatic rings. The second-order valence-electron chi connectivity index (χ2n) is 9.46. The van der Waals surface area contributed by atoms with Gasteiger partial charge in [0.1, 0.15) is 11.9 Å². The van der Waals surface area contributed by atoms with E-state index in [4.69, 9.17) is 15.2 Å². The minimum absolute atomic E-state index is 0.0231. The summed E-state index contributed by atoms with van der Waals surface area (Å²) in [5.74, 6) is -0.0231. The number of hydrogen-bond donors (Lipinski definition) is 1. The highest BCUT2D eigenvalue weighted by Gasteiger charge is 2.42. The Labute approximate surface area is 213 Å². The first-order valence-electron chi connectivity index (χ1n) is 12.5. The van der Waals surface area contributed by atoms with E-state index in [-0.39, 0.29) is 12.1 Å². The third-order valence-corrected chi connectivity index (χ3v) is 7.29. The molecule has 0 aliphatic carbocycles. The van der Waals surface area contributed by atoms with Crippen LogP contribution >= 0.6 is 0 Å². The molecule has 0 bridgehead atoms. The molecule has 176 valence electrons. The SMILES string of the molecule is C(=c1\c(-c2ccccc2)nn2c1nc1ccccc12)/C1C(c2ccccc2)=NN2c3ccccc3NC12. The maximum Gasteiger partial charge on any atom is 0.164 e. The lowest BCUT2D eigenvalue weighted by Crippen LogP contribution is -2.35. The summed E-state index contributed by atoms with van der Waals surface area (Å²) in [5, 5.41) is 17.1. The molecule has 6 nitrogen and oxygen atoms in total. The van der Waals surface area contributed by atoms with Crippen LogP contribution in [0.1, 0.15) is 5.56 Å². The van der Waals surface area contributed by atoms with Gasteiger partial charge in [-0.25, -0.2) is 14.5 Å². The van der Waals surface area contributed by atoms with E-state index in [2.05, 4.69) is 95.3 Å². The molecular formula is C31H22N6. The summed E-state index contributed by atoms with van der Waals surface area (Å²) in [6, 6.07) is 37.3. The smallest absolute Gasteiger partial charge is 0.164 e. The van der Waals surface area contributed by atoms with Crippen LogP contribution in [-0.4, -0.2) is 26.5 Å². The topological polar surface area (TPSA) is 57.8 Å². The molecule has 4 aromatic carbocycles. The molecule has 2 aliphatic heterocycles. The van der Waals surface area contributed by atoms with Crippen LogP contribution in [0.5, 0.6) is 0 Å². The highest BCUT2D eigenvalue weighted by Crippen LogP contribution is 2.42. The van der Waals surface area contributed by atoms with Gasteiger partial charge in [-0.2, -0.15) is 10.2 Å². The Morgan fingerprint density at radius 1 is 0.730 bits per heavy atom. The zero-order valence-electron chi connectivity index (χ0n) is 19.9. The second-order valence-corrected chi connectivity index (χ2v) is 9.46. The molecule has 0 amide bonds. The Hall–Kier alpha value is -4.97. The van der Waals surface area contributed by atoms with Gasteiger partial charge in [0.25, 0.3) is 0 Å². The average Bonchev–Trinajstić information content (AvgIpc) is 3.69. The fourth-order valence-corrected chi connectivity index (χ4v) is 5.58. The summed E-state index contributed by atoms with van der Waals surface area (Å²) in [6.07, 6.45) is 2.28. The van der Waals surface area contributed by atoms with Crippen molar-refractivity contribution < 1.29 is 0 Å². The van der Waals surface area contributed by atoms with Crippen LogP contribution in [0.4, 0.5) is 11.4 Å². The number of hydrazone groups is 1. The zero-order valence-corrected chi connectivity index (χ0v) is 19.9. The van der Waals surface area contributed by atoms with Gasteiger partial charge in [0, 0.05) is 10.8 Å². The summed E-state index contributed by atoms with van der Waals surface area (Å²) in [7, 11) is 0. The van der Waals surface area contributed by atoms with Gasteiger partial charge in [-0.3, -0.25) is 0 Å². The lowest BCUT2D eigenvalue weighted by atomic mass is 9.93. The first-order chi connectivity index (χ1) is 18.3. The molecule has 1 N–H and O–H groups in total. The molecule has 0 saturated carbocycles. The van der Waals surface area contributed by atoms with Crippen molar-refractivity contribution in [2.45, 2.75) is 6.17 Å². The van der Waals surface area contributed by atoms with Crippen LogP contribution in [0.25, 0.3) is 34.0 Å². The van der Waals surface area contributed by atoms with Gasteiger partial charge < -0.3 is 5.32 Å². The van der Waals surface area contributed by atoms with E-state index >= 15 is 0 Å². The van der Waals surface area contributed by atoms with Crippen LogP contribution in [0, 0.1) is 5.92 Å². The fraction of sp³-hybridized carbons (Fsp3) is 0.0645. The van der Waals surface area contributed by atoms with Gasteiger partial charge in [0.15, 0.2) is 5.65 Å². The van der Waals surface area contributed by atoms with Gasteiger partial charge in [0.05, 0.1) is 34.0 Å². The van der Waals surface area contributed by atoms with E-state index in [1.54, 1.807) is 0 Å². The zero-order chi connectivity index (χ0) is 24.3. The summed E-state index contributed by atoms with van der Waals surface area (Å²) >= 11 is 0. The summed E-state index contributed by atoms with van der Waals surface area (Å²) in [4.78, 5) is 5.02. The Morgan fingerprint density at radius 2 is 1.43 bits per heavy atom. The number of hydrogen-bond acceptors (Lipinski definition) is 5. The quantitative estimate of drug-likeness (QED) is 0.373. The van der Waals surface area contributed by atoms with Crippen molar-refractivity contribution >= 4 is 39.8 Å². The number of aromatic nitrogens is 3. The molecule has 0 spiro atoms. The van der Waals surface area contributed by atoms with Gasteiger partial charge in [-0.15, -0.1) is 0 Å². The largest absolute Gasteiger partial charge is 0.361 e. The summed E-state index contributed by atoms with van der Waals surface area (Å²) in [5.41, 5.74) is 9.14. The van der Waals surface area contributed by atoms with E-state index < -0.39 is 0 Å². The first kappa shape index (κ1) is 20.2. The van der Waals surface area contributed by atoms with Crippen molar-refractivity contribution in [3.05, 3.63) is 120 Å². The summed E-state index contributed by atoms with van der Waals surface area (Å²) in [6.45, 7) is 0. The summed E-state index contributed by atoms with van der Waals surface area (Å²) < 4.78 is 1.98. The van der Waals surface area contributed by atoms with E-state index in [1.165, 1.54) is 0 Å². The number of fused-ring (bicyclic) bond motifs is 6. The molecule has 6 heteroatoms. The number of rotatable bonds is 3. The van der Waals surface area contributed by atoms with Crippen LogP contribution in [0.15, 0.2) is 114 Å². The predicted octanol–water partition coefficient (Wildman–Crippen LogP) is 5.34. The lowest BCUT2D eigenvalue weighted by molar-refractivity contribution is 0.704. The van der Waals surface area contributed by atoms with E-state index in [0.29, 0.717) is 0 Å². The number of benzene rings is 4. The van der Waals surface area contributed by atoms with Crippen LogP contribution in [-0.2, 0) is 0 Å². The first-order valence-corrected chi connectivity index (χ1v) is 12.5. The van der Waals surface area contributed by atoms with E-state index in [0.717, 1.165) is 55.8 Å². The number of anilines is 2. The van der Waals surface area contributed by atoms with Crippen molar-refractivity contribution in [1.82, 2.24) is 14.6 Å². The van der Waals surface area contributed by atoms with Gasteiger partial charge in [-0.1, -0.05) is 91.0 Å². The average molecular weight is 479 g/mol. The van der Waals surface area contributed by atoms with Crippen molar-refractivity contribution in [3.8, 4) is 11.3 Å². The molecule has 2 aromatic heterocycles. The molecule has 0 radical (unpaired) electrons. The Morgan fingerprint density at radius 3 is 2.27 bits per heavy atom. The molecule has 4 heterocycles. The molecular weight excluding hydrogens is 456 g/mol. The lowest BCUT2D eigenvalue weighted by Gasteiger charge is -2.19. The van der Waals surface area contributed by atoms with Crippen molar-refractivity contribution in [3.63, 3.8) is 0 Å². The minimum atomic E-state index is -0.0319. The molecule has 2 atom stereocenters. The standard InChI is InChI=1S/C31H22N6/c1-3-11-20(12-4-1)28-22(30-32-24-15-7-9-17-26(24)36(30)34-28)19-23-29(21-13-5-2-6-14-21)35-37-27-18-10-8-16-25(27)33-31(23)37/h1-19,22,30,32H/b23-19-. The van der Waals surface area contributed by atoms with E-state index in [1.807, 2.05) is 34.8 Å². The maximum absolute atomic E-state index is 5.16. The molecule has 37 heavy (non-hydrogen) atoms. The second kappa shape index (κ2) is 7.77. The van der Waals surface area contributed by atoms with E-state index in [9.17, 15) is 0 Å². The highest BCUT2D eigenvalue weighted by molar-refractivity contribution is 6.09. The molecule has 8 rings (SSSR count). The molecule has 0 fully saturated rings. The predicted molar refractivity (Wildman–Crippen MR) is 148 cm³/mol. The van der Waals surface area contributed by atoms with Gasteiger partial charge >= 0.3 is 0 Å². The monoisotopic (exact) mass is 478 g/mol. The highest BCUT2D eigenvalue weighted by atomic mass is 15.6.